The van der Waals surface area contributed by atoms with Crippen LogP contribution in [0.2, 0.25) is 0 Å². The molecule has 2 heterocycles. The number of carbonyl (C=O) groups excluding carboxylic acids is 1. The van der Waals surface area contributed by atoms with Crippen LogP contribution in [0.1, 0.15) is 13.8 Å². The van der Waals surface area contributed by atoms with Gasteiger partial charge in [-0.2, -0.15) is 0 Å². The van der Waals surface area contributed by atoms with Gasteiger partial charge in [0.15, 0.2) is 5.78 Å². The monoisotopic (exact) mass is 589 g/mol. The molecule has 1 N–H and O–H groups in total. The van der Waals surface area contributed by atoms with Gasteiger partial charge in [0.05, 0.1) is 25.8 Å². The van der Waals surface area contributed by atoms with Crippen molar-refractivity contribution in [2.75, 3.05) is 14.2 Å². The first-order valence-corrected chi connectivity index (χ1v) is 8.94. The fourth-order valence-corrected chi connectivity index (χ4v) is 2.88. The first kappa shape index (κ1) is 25.2. The van der Waals surface area contributed by atoms with Crippen LogP contribution in [-0.4, -0.2) is 39.2 Å². The summed E-state index contributed by atoms with van der Waals surface area (Å²) >= 11 is 0. The quantitative estimate of drug-likeness (QED) is 0.278. The zero-order valence-electron chi connectivity index (χ0n) is 17.9. The molecule has 0 saturated heterocycles. The Kier molecular flexibility index (Phi) is 9.56. The van der Waals surface area contributed by atoms with E-state index in [1.165, 1.54) is 19.9 Å². The summed E-state index contributed by atoms with van der Waals surface area (Å²) in [4.78, 5) is 14.4. The van der Waals surface area contributed by atoms with Crippen LogP contribution in [0, 0.1) is 6.20 Å². The van der Waals surface area contributed by atoms with Gasteiger partial charge in [-0.1, -0.05) is 23.5 Å². The average Bonchev–Trinajstić information content (AvgIpc) is 3.25. The maximum absolute atomic E-state index is 10.0. The van der Waals surface area contributed by atoms with Crippen LogP contribution in [0.3, 0.4) is 0 Å². The molecule has 0 spiro atoms. The molecule has 2 aromatic heterocycles. The molecular weight excluding hydrogens is 562 g/mol. The molecule has 0 unspecified atom stereocenters. The molecule has 0 fully saturated rings. The van der Waals surface area contributed by atoms with E-state index in [-0.39, 0.29) is 31.6 Å². The van der Waals surface area contributed by atoms with E-state index in [4.69, 9.17) is 14.6 Å². The van der Waals surface area contributed by atoms with E-state index in [1.807, 2.05) is 53.7 Å². The number of aromatic nitrogens is 3. The van der Waals surface area contributed by atoms with Crippen molar-refractivity contribution in [3.8, 4) is 34.1 Å². The third kappa shape index (κ3) is 6.08. The van der Waals surface area contributed by atoms with E-state index in [0.29, 0.717) is 0 Å². The minimum absolute atomic E-state index is 0. The normalized spacial score (nSPS) is 10.5. The molecule has 0 saturated carbocycles. The van der Waals surface area contributed by atoms with Crippen molar-refractivity contribution in [1.82, 2.24) is 14.1 Å². The topological polar surface area (TPSA) is 78.5 Å². The van der Waals surface area contributed by atoms with Crippen molar-refractivity contribution in [1.29, 1.82) is 0 Å². The van der Waals surface area contributed by atoms with E-state index < -0.39 is 0 Å². The van der Waals surface area contributed by atoms with Crippen LogP contribution in [0.15, 0.2) is 48.5 Å². The van der Waals surface area contributed by atoms with Gasteiger partial charge in [0, 0.05) is 51.2 Å². The van der Waals surface area contributed by atoms with Crippen LogP contribution in [0.4, 0.5) is 0 Å². The van der Waals surface area contributed by atoms with Gasteiger partial charge in [0.2, 0.25) is 0 Å². The second-order valence-corrected chi connectivity index (χ2v) is 6.41. The van der Waals surface area contributed by atoms with Crippen LogP contribution >= 0.6 is 0 Å². The number of hydrogen-bond donors (Lipinski definition) is 1. The standard InChI is InChI=1S/C17H18N3O2.C5H8O2.Ir/c1-19-9-8-18-17(19)12-10-13(20(2)11-12)16-14(21-3)6-5-7-15(16)22-4;1-4(6)3-5(2)7;/h5-10H,1-4H3;3,6H,1-2H3;/q-1;;/b;4-3-;. The van der Waals surface area contributed by atoms with Crippen LogP contribution in [0.25, 0.3) is 22.6 Å². The van der Waals surface area contributed by atoms with Crippen molar-refractivity contribution < 1.29 is 39.5 Å². The number of hydrogen-bond acceptors (Lipinski definition) is 5. The van der Waals surface area contributed by atoms with Gasteiger partial charge in [0.25, 0.3) is 0 Å². The zero-order valence-corrected chi connectivity index (χ0v) is 20.3. The molecule has 1 aromatic carbocycles. The Morgan fingerprint density at radius 2 is 1.77 bits per heavy atom. The molecule has 0 aliphatic rings. The molecule has 0 bridgehead atoms. The molecule has 7 nitrogen and oxygen atoms in total. The van der Waals surface area contributed by atoms with Crippen molar-refractivity contribution in [2.45, 2.75) is 13.8 Å². The fraction of sp³-hybridized carbons (Fsp3) is 0.273. The van der Waals surface area contributed by atoms with Gasteiger partial charge >= 0.3 is 0 Å². The Bertz CT molecular complexity index is 995. The molecule has 3 rings (SSSR count). The number of nitrogens with zero attached hydrogens (tertiary/aromatic N) is 3. The van der Waals surface area contributed by atoms with Gasteiger partial charge in [-0.3, -0.25) is 9.78 Å². The molecular formula is C22H26IrN3O4-. The van der Waals surface area contributed by atoms with Gasteiger partial charge in [-0.05, 0) is 33.0 Å². The molecule has 0 amide bonds. The number of carbonyl (C=O) groups is 1. The Morgan fingerprint density at radius 1 is 1.17 bits per heavy atom. The Morgan fingerprint density at radius 3 is 2.17 bits per heavy atom. The van der Waals surface area contributed by atoms with Crippen LogP contribution in [0.5, 0.6) is 11.5 Å². The molecule has 3 aromatic rings. The number of aliphatic hydroxyl groups excluding tert-OH is 1. The van der Waals surface area contributed by atoms with E-state index in [0.717, 1.165) is 34.1 Å². The number of ether oxygens (including phenoxy) is 2. The number of aryl methyl sites for hydroxylation is 2. The summed E-state index contributed by atoms with van der Waals surface area (Å²) in [5.74, 6) is 2.34. The van der Waals surface area contributed by atoms with Gasteiger partial charge in [-0.25, -0.2) is 0 Å². The fourth-order valence-electron chi connectivity index (χ4n) is 2.88. The largest absolute Gasteiger partial charge is 0.512 e. The summed E-state index contributed by atoms with van der Waals surface area (Å²) < 4.78 is 14.9. The number of allylic oxidation sites excluding steroid dienone is 2. The Labute approximate surface area is 190 Å². The second-order valence-electron chi connectivity index (χ2n) is 6.41. The average molecular weight is 589 g/mol. The first-order valence-electron chi connectivity index (χ1n) is 8.94. The van der Waals surface area contributed by atoms with Crippen LogP contribution < -0.4 is 9.47 Å². The first-order chi connectivity index (χ1) is 13.8. The summed E-state index contributed by atoms with van der Waals surface area (Å²) in [5.41, 5.74) is 2.80. The van der Waals surface area contributed by atoms with Crippen LogP contribution in [-0.2, 0) is 39.0 Å². The summed E-state index contributed by atoms with van der Waals surface area (Å²) in [7, 11) is 7.23. The van der Waals surface area contributed by atoms with E-state index in [9.17, 15) is 4.79 Å². The molecule has 0 aliphatic heterocycles. The minimum Gasteiger partial charge on any atom is -0.512 e. The predicted molar refractivity (Wildman–Crippen MR) is 112 cm³/mol. The second kappa shape index (κ2) is 11.4. The minimum atomic E-state index is -0.125. The van der Waals surface area contributed by atoms with Crippen molar-refractivity contribution in [3.63, 3.8) is 0 Å². The van der Waals surface area contributed by atoms with Gasteiger partial charge in [-0.15, -0.1) is 6.07 Å². The number of ketones is 1. The SMILES string of the molecule is CC(=O)/C=C(/C)O.COc1cccc(OC)c1-c1cc(-c2nccn2C)[c-]n1C.[Ir]. The third-order valence-corrected chi connectivity index (χ3v) is 4.09. The predicted octanol–water partition coefficient (Wildman–Crippen LogP) is 3.94. The van der Waals surface area contributed by atoms with Gasteiger partial charge in [0.1, 0.15) is 11.5 Å². The third-order valence-electron chi connectivity index (χ3n) is 4.09. The van der Waals surface area contributed by atoms with Crippen molar-refractivity contribution in [3.05, 3.63) is 54.7 Å². The number of methoxy groups -OCH3 is 2. The molecule has 8 heteroatoms. The van der Waals surface area contributed by atoms with E-state index in [1.54, 1.807) is 20.4 Å². The van der Waals surface area contributed by atoms with Gasteiger partial charge < -0.3 is 23.7 Å². The maximum Gasteiger partial charge on any atom is 0.155 e. The molecule has 1 radical (unpaired) electrons. The molecule has 0 atom stereocenters. The summed E-state index contributed by atoms with van der Waals surface area (Å²) in [5, 5.41) is 8.36. The zero-order chi connectivity index (χ0) is 21.6. The number of aliphatic hydroxyl groups is 1. The summed E-state index contributed by atoms with van der Waals surface area (Å²) in [6, 6.07) is 7.80. The molecule has 30 heavy (non-hydrogen) atoms. The van der Waals surface area contributed by atoms with Crippen molar-refractivity contribution >= 4 is 5.78 Å². The Balaban J connectivity index is 0.000000489. The number of benzene rings is 1. The number of rotatable bonds is 5. The summed E-state index contributed by atoms with van der Waals surface area (Å²) in [6.07, 6.45) is 8.17. The van der Waals surface area contributed by atoms with E-state index in [2.05, 4.69) is 11.2 Å². The maximum atomic E-state index is 10.0. The summed E-state index contributed by atoms with van der Waals surface area (Å²) in [6.45, 7) is 2.85. The molecule has 0 aliphatic carbocycles. The van der Waals surface area contributed by atoms with Crippen molar-refractivity contribution in [2.24, 2.45) is 14.1 Å². The Hall–Kier alpha value is -2.83. The molecule has 163 valence electrons. The van der Waals surface area contributed by atoms with E-state index >= 15 is 0 Å². The number of imidazole rings is 1. The smallest absolute Gasteiger partial charge is 0.155 e.